The first-order chi connectivity index (χ1) is 9.43. The largest absolute Gasteiger partial charge is 0.481 e. The zero-order chi connectivity index (χ0) is 15.1. The quantitative estimate of drug-likeness (QED) is 0.776. The number of amides is 2. The summed E-state index contributed by atoms with van der Waals surface area (Å²) in [6.45, 7) is 7.83. The molecular formula is C14H26N2O4. The molecule has 1 heterocycles. The highest BCUT2D eigenvalue weighted by molar-refractivity contribution is 5.76. The van der Waals surface area contributed by atoms with Gasteiger partial charge >= 0.3 is 12.0 Å². The number of aliphatic carboxylic acids is 1. The van der Waals surface area contributed by atoms with E-state index in [0.717, 1.165) is 6.42 Å². The first-order valence-electron chi connectivity index (χ1n) is 7.31. The van der Waals surface area contributed by atoms with E-state index in [2.05, 4.69) is 5.32 Å². The minimum absolute atomic E-state index is 0.0837. The van der Waals surface area contributed by atoms with E-state index in [0.29, 0.717) is 32.0 Å². The van der Waals surface area contributed by atoms with Gasteiger partial charge in [-0.25, -0.2) is 4.79 Å². The molecule has 0 radical (unpaired) electrons. The van der Waals surface area contributed by atoms with Gasteiger partial charge in [0, 0.05) is 19.6 Å². The van der Waals surface area contributed by atoms with Crippen molar-refractivity contribution < 1.29 is 19.4 Å². The van der Waals surface area contributed by atoms with Gasteiger partial charge in [0.05, 0.1) is 18.6 Å². The van der Waals surface area contributed by atoms with Crippen LogP contribution in [0.4, 0.5) is 4.79 Å². The van der Waals surface area contributed by atoms with Gasteiger partial charge in [-0.1, -0.05) is 20.8 Å². The van der Waals surface area contributed by atoms with Crippen LogP contribution in [0.15, 0.2) is 0 Å². The molecule has 6 nitrogen and oxygen atoms in total. The lowest BCUT2D eigenvalue weighted by atomic mass is 9.97. The van der Waals surface area contributed by atoms with Crippen LogP contribution in [0.5, 0.6) is 0 Å². The van der Waals surface area contributed by atoms with Crippen molar-refractivity contribution in [2.75, 3.05) is 26.2 Å². The van der Waals surface area contributed by atoms with Gasteiger partial charge in [0.15, 0.2) is 0 Å². The third-order valence-electron chi connectivity index (χ3n) is 3.49. The van der Waals surface area contributed by atoms with Crippen molar-refractivity contribution in [3.05, 3.63) is 0 Å². The Balaban J connectivity index is 2.42. The van der Waals surface area contributed by atoms with Gasteiger partial charge in [-0.3, -0.25) is 4.79 Å². The molecule has 2 amide bonds. The van der Waals surface area contributed by atoms with Crippen LogP contribution < -0.4 is 5.32 Å². The number of ether oxygens (including phenoxy) is 1. The molecule has 0 saturated carbocycles. The SMILES string of the molecule is CCC1CN(C(=O)NCC(CC(C)C)C(=O)O)CCO1. The Morgan fingerprint density at radius 2 is 2.15 bits per heavy atom. The van der Waals surface area contributed by atoms with Crippen molar-refractivity contribution in [2.24, 2.45) is 11.8 Å². The Hall–Kier alpha value is -1.30. The van der Waals surface area contributed by atoms with Crippen LogP contribution >= 0.6 is 0 Å². The summed E-state index contributed by atoms with van der Waals surface area (Å²) < 4.78 is 5.51. The van der Waals surface area contributed by atoms with Crippen LogP contribution in [0.1, 0.15) is 33.6 Å². The summed E-state index contributed by atoms with van der Waals surface area (Å²) in [7, 11) is 0. The van der Waals surface area contributed by atoms with Gasteiger partial charge in [-0.05, 0) is 18.8 Å². The van der Waals surface area contributed by atoms with Crippen molar-refractivity contribution in [2.45, 2.75) is 39.7 Å². The Morgan fingerprint density at radius 1 is 1.45 bits per heavy atom. The van der Waals surface area contributed by atoms with E-state index in [1.54, 1.807) is 4.90 Å². The van der Waals surface area contributed by atoms with Gasteiger partial charge in [0.25, 0.3) is 0 Å². The van der Waals surface area contributed by atoms with E-state index in [-0.39, 0.29) is 18.7 Å². The fourth-order valence-electron chi connectivity index (χ4n) is 2.31. The number of morpholine rings is 1. The van der Waals surface area contributed by atoms with Crippen molar-refractivity contribution >= 4 is 12.0 Å². The minimum atomic E-state index is -0.854. The summed E-state index contributed by atoms with van der Waals surface area (Å²) in [6.07, 6.45) is 1.52. The summed E-state index contributed by atoms with van der Waals surface area (Å²) in [4.78, 5) is 24.9. The summed E-state index contributed by atoms with van der Waals surface area (Å²) >= 11 is 0. The number of carboxylic acids is 1. The number of hydrogen-bond donors (Lipinski definition) is 2. The molecule has 116 valence electrons. The molecule has 0 aliphatic carbocycles. The topological polar surface area (TPSA) is 78.9 Å². The number of carbonyl (C=O) groups is 2. The molecule has 2 unspecified atom stereocenters. The van der Waals surface area contributed by atoms with Crippen molar-refractivity contribution in [3.63, 3.8) is 0 Å². The Kier molecular flexibility index (Phi) is 6.78. The Bertz CT molecular complexity index is 333. The van der Waals surface area contributed by atoms with E-state index in [1.807, 2.05) is 20.8 Å². The highest BCUT2D eigenvalue weighted by Gasteiger charge is 2.25. The van der Waals surface area contributed by atoms with Gasteiger partial charge in [0.1, 0.15) is 0 Å². The maximum absolute atomic E-state index is 12.0. The molecule has 1 aliphatic heterocycles. The summed E-state index contributed by atoms with van der Waals surface area (Å²) in [5, 5.41) is 11.9. The Labute approximate surface area is 120 Å². The second kappa shape index (κ2) is 8.09. The normalized spacial score (nSPS) is 20.8. The average molecular weight is 286 g/mol. The van der Waals surface area contributed by atoms with Gasteiger partial charge < -0.3 is 20.1 Å². The van der Waals surface area contributed by atoms with Gasteiger partial charge in [-0.15, -0.1) is 0 Å². The molecule has 6 heteroatoms. The average Bonchev–Trinajstić information content (AvgIpc) is 2.42. The highest BCUT2D eigenvalue weighted by Crippen LogP contribution is 2.12. The van der Waals surface area contributed by atoms with E-state index in [1.165, 1.54) is 0 Å². The third kappa shape index (κ3) is 5.36. The number of hydrogen-bond acceptors (Lipinski definition) is 3. The lowest BCUT2D eigenvalue weighted by Crippen LogP contribution is -2.50. The van der Waals surface area contributed by atoms with Crippen molar-refractivity contribution in [1.82, 2.24) is 10.2 Å². The summed E-state index contributed by atoms with van der Waals surface area (Å²) in [6, 6.07) is -0.193. The lowest BCUT2D eigenvalue weighted by molar-refractivity contribution is -0.142. The predicted molar refractivity (Wildman–Crippen MR) is 75.6 cm³/mol. The molecule has 0 spiro atoms. The third-order valence-corrected chi connectivity index (χ3v) is 3.49. The van der Waals surface area contributed by atoms with Crippen LogP contribution in [-0.2, 0) is 9.53 Å². The van der Waals surface area contributed by atoms with Crippen molar-refractivity contribution in [1.29, 1.82) is 0 Å². The van der Waals surface area contributed by atoms with E-state index < -0.39 is 11.9 Å². The number of carbonyl (C=O) groups excluding carboxylic acids is 1. The standard InChI is InChI=1S/C14H26N2O4/c1-4-12-9-16(5-6-20-12)14(19)15-8-11(13(17)18)7-10(2)3/h10-12H,4-9H2,1-3H3,(H,15,19)(H,17,18). The highest BCUT2D eigenvalue weighted by atomic mass is 16.5. The van der Waals surface area contributed by atoms with E-state index in [9.17, 15) is 9.59 Å². The zero-order valence-electron chi connectivity index (χ0n) is 12.6. The molecule has 2 N–H and O–H groups in total. The maximum Gasteiger partial charge on any atom is 0.317 e. The summed E-state index contributed by atoms with van der Waals surface area (Å²) in [5.41, 5.74) is 0. The van der Waals surface area contributed by atoms with Crippen LogP contribution in [-0.4, -0.2) is 54.4 Å². The Morgan fingerprint density at radius 3 is 2.70 bits per heavy atom. The monoisotopic (exact) mass is 286 g/mol. The molecule has 0 aromatic carbocycles. The first kappa shape index (κ1) is 16.8. The van der Waals surface area contributed by atoms with Crippen LogP contribution in [0.2, 0.25) is 0 Å². The van der Waals surface area contributed by atoms with E-state index >= 15 is 0 Å². The van der Waals surface area contributed by atoms with Crippen molar-refractivity contribution in [3.8, 4) is 0 Å². The maximum atomic E-state index is 12.0. The fraction of sp³-hybridized carbons (Fsp3) is 0.857. The number of urea groups is 1. The molecule has 1 rings (SSSR count). The number of rotatable bonds is 6. The van der Waals surface area contributed by atoms with Crippen LogP contribution in [0, 0.1) is 11.8 Å². The van der Waals surface area contributed by atoms with Crippen LogP contribution in [0.25, 0.3) is 0 Å². The number of carboxylic acid groups (broad SMARTS) is 1. The first-order valence-corrected chi connectivity index (χ1v) is 7.31. The second-order valence-corrected chi connectivity index (χ2v) is 5.70. The molecule has 0 aromatic heterocycles. The van der Waals surface area contributed by atoms with Gasteiger partial charge in [0.2, 0.25) is 0 Å². The number of nitrogens with zero attached hydrogens (tertiary/aromatic N) is 1. The molecule has 1 aliphatic rings. The molecule has 20 heavy (non-hydrogen) atoms. The molecule has 1 fully saturated rings. The zero-order valence-corrected chi connectivity index (χ0v) is 12.6. The molecular weight excluding hydrogens is 260 g/mol. The van der Waals surface area contributed by atoms with Gasteiger partial charge in [-0.2, -0.15) is 0 Å². The molecule has 0 bridgehead atoms. The summed E-state index contributed by atoms with van der Waals surface area (Å²) in [5.74, 6) is -1.09. The number of nitrogens with one attached hydrogen (secondary N) is 1. The molecule has 1 saturated heterocycles. The fourth-order valence-corrected chi connectivity index (χ4v) is 2.31. The molecule has 0 aromatic rings. The smallest absolute Gasteiger partial charge is 0.317 e. The second-order valence-electron chi connectivity index (χ2n) is 5.70. The lowest BCUT2D eigenvalue weighted by Gasteiger charge is -2.32. The molecule has 2 atom stereocenters. The van der Waals surface area contributed by atoms with E-state index in [4.69, 9.17) is 9.84 Å². The predicted octanol–water partition coefficient (Wildman–Crippen LogP) is 1.55. The van der Waals surface area contributed by atoms with Crippen LogP contribution in [0.3, 0.4) is 0 Å². The minimum Gasteiger partial charge on any atom is -0.481 e.